The van der Waals surface area contributed by atoms with E-state index in [9.17, 15) is 5.11 Å². The molecule has 0 radical (unpaired) electrons. The van der Waals surface area contributed by atoms with Crippen LogP contribution in [0.4, 0.5) is 0 Å². The zero-order valence-electron chi connectivity index (χ0n) is 9.13. The van der Waals surface area contributed by atoms with Crippen molar-refractivity contribution in [2.24, 2.45) is 16.6 Å². The van der Waals surface area contributed by atoms with Crippen LogP contribution in [0.15, 0.2) is 0 Å². The number of rotatable bonds is 2. The van der Waals surface area contributed by atoms with Crippen molar-refractivity contribution in [1.29, 1.82) is 0 Å². The van der Waals surface area contributed by atoms with Crippen LogP contribution in [0, 0.1) is 10.8 Å². The van der Waals surface area contributed by atoms with Crippen molar-refractivity contribution in [3.63, 3.8) is 0 Å². The topological polar surface area (TPSA) is 49.5 Å². The van der Waals surface area contributed by atoms with Crippen molar-refractivity contribution < 1.29 is 5.11 Å². The van der Waals surface area contributed by atoms with Crippen molar-refractivity contribution >= 4 is 0 Å². The summed E-state index contributed by atoms with van der Waals surface area (Å²) in [5, 5.41) is 9.44. The Kier molecular flexibility index (Phi) is 2.58. The van der Waals surface area contributed by atoms with Crippen LogP contribution >= 0.6 is 0 Å². The van der Waals surface area contributed by atoms with E-state index < -0.39 is 0 Å². The molecule has 0 amide bonds. The minimum Gasteiger partial charge on any atom is -0.396 e. The smallest absolute Gasteiger partial charge is 0.0505 e. The number of hydrogen-bond acceptors (Lipinski definition) is 3. The van der Waals surface area contributed by atoms with E-state index in [0.717, 1.165) is 6.42 Å². The molecule has 2 atom stereocenters. The minimum atomic E-state index is 0.0815. The van der Waals surface area contributed by atoms with Crippen LogP contribution < -0.4 is 5.73 Å². The molecule has 0 bridgehead atoms. The van der Waals surface area contributed by atoms with Crippen LogP contribution in [0.25, 0.3) is 0 Å². The van der Waals surface area contributed by atoms with Crippen LogP contribution in [0.3, 0.4) is 0 Å². The van der Waals surface area contributed by atoms with Crippen LogP contribution in [0.2, 0.25) is 0 Å². The quantitative estimate of drug-likeness (QED) is 0.676. The van der Waals surface area contributed by atoms with Gasteiger partial charge in [-0.2, -0.15) is 0 Å². The molecule has 1 heterocycles. The van der Waals surface area contributed by atoms with E-state index in [0.29, 0.717) is 12.0 Å². The summed E-state index contributed by atoms with van der Waals surface area (Å²) in [7, 11) is 2.18. The summed E-state index contributed by atoms with van der Waals surface area (Å²) in [6.07, 6.45) is 4.90. The van der Waals surface area contributed by atoms with E-state index in [4.69, 9.17) is 5.73 Å². The van der Waals surface area contributed by atoms with Gasteiger partial charge in [0, 0.05) is 12.0 Å². The molecule has 3 heteroatoms. The maximum absolute atomic E-state index is 9.44. The number of aliphatic hydroxyl groups excluding tert-OH is 1. The zero-order chi connectivity index (χ0) is 10.2. The first-order chi connectivity index (χ1) is 6.68. The summed E-state index contributed by atoms with van der Waals surface area (Å²) in [5.41, 5.74) is 6.27. The molecule has 3 N–H and O–H groups in total. The highest BCUT2D eigenvalue weighted by Gasteiger charge is 2.64. The molecule has 3 nitrogen and oxygen atoms in total. The highest BCUT2D eigenvalue weighted by atomic mass is 16.3. The van der Waals surface area contributed by atoms with Gasteiger partial charge in [0.25, 0.3) is 0 Å². The van der Waals surface area contributed by atoms with E-state index in [-0.39, 0.29) is 12.0 Å². The molecule has 2 aliphatic rings. The highest BCUT2D eigenvalue weighted by Crippen LogP contribution is 2.68. The zero-order valence-corrected chi connectivity index (χ0v) is 9.13. The van der Waals surface area contributed by atoms with Crippen LogP contribution in [0.1, 0.15) is 25.7 Å². The Balaban J connectivity index is 2.04. The van der Waals surface area contributed by atoms with Crippen molar-refractivity contribution in [3.05, 3.63) is 0 Å². The molecule has 1 aliphatic carbocycles. The number of hydrogen-bond donors (Lipinski definition) is 2. The second kappa shape index (κ2) is 3.47. The first-order valence-corrected chi connectivity index (χ1v) is 5.68. The van der Waals surface area contributed by atoms with Crippen molar-refractivity contribution in [2.75, 3.05) is 33.3 Å². The Hall–Kier alpha value is -0.120. The molecule has 0 aromatic carbocycles. The molecular weight excluding hydrogens is 176 g/mol. The first-order valence-electron chi connectivity index (χ1n) is 5.68. The van der Waals surface area contributed by atoms with Gasteiger partial charge in [-0.1, -0.05) is 0 Å². The number of likely N-dealkylation sites (tertiary alicyclic amines) is 1. The van der Waals surface area contributed by atoms with E-state index in [2.05, 4.69) is 11.9 Å². The van der Waals surface area contributed by atoms with Crippen LogP contribution in [0.5, 0.6) is 0 Å². The van der Waals surface area contributed by atoms with Gasteiger partial charge in [-0.05, 0) is 51.2 Å². The molecular formula is C11H22N2O. The van der Waals surface area contributed by atoms with Gasteiger partial charge in [0.05, 0.1) is 6.61 Å². The van der Waals surface area contributed by atoms with Crippen molar-refractivity contribution in [3.8, 4) is 0 Å². The third kappa shape index (κ3) is 1.38. The average Bonchev–Trinajstić information content (AvgIpc) is 2.88. The fourth-order valence-electron chi connectivity index (χ4n) is 3.22. The third-order valence-electron chi connectivity index (χ3n) is 4.54. The molecule has 1 saturated heterocycles. The van der Waals surface area contributed by atoms with Gasteiger partial charge in [0.1, 0.15) is 0 Å². The number of nitrogens with zero attached hydrogens (tertiary/aromatic N) is 1. The predicted molar refractivity (Wildman–Crippen MR) is 57.0 cm³/mol. The standard InChI is InChI=1S/C11H22N2O/c1-13-5-2-3-10(4-6-13)7-11(10,8-12)9-14/h14H,2-9,12H2,1H3. The highest BCUT2D eigenvalue weighted by molar-refractivity contribution is 5.15. The molecule has 82 valence electrons. The van der Waals surface area contributed by atoms with Gasteiger partial charge in [0.2, 0.25) is 0 Å². The van der Waals surface area contributed by atoms with Crippen LogP contribution in [-0.2, 0) is 0 Å². The second-order valence-corrected chi connectivity index (χ2v) is 5.26. The Morgan fingerprint density at radius 2 is 2.14 bits per heavy atom. The average molecular weight is 198 g/mol. The molecule has 0 aromatic heterocycles. The lowest BCUT2D eigenvalue weighted by Gasteiger charge is -2.21. The molecule has 2 rings (SSSR count). The maximum Gasteiger partial charge on any atom is 0.0505 e. The van der Waals surface area contributed by atoms with E-state index in [1.807, 2.05) is 0 Å². The number of aliphatic hydroxyl groups is 1. The lowest BCUT2D eigenvalue weighted by Crippen LogP contribution is -2.28. The van der Waals surface area contributed by atoms with E-state index in [1.54, 1.807) is 0 Å². The maximum atomic E-state index is 9.44. The SMILES string of the molecule is CN1CCCC2(CC1)CC2(CN)CO. The molecule has 2 fully saturated rings. The van der Waals surface area contributed by atoms with Gasteiger partial charge in [-0.15, -0.1) is 0 Å². The summed E-state index contributed by atoms with van der Waals surface area (Å²) >= 11 is 0. The lowest BCUT2D eigenvalue weighted by atomic mass is 9.87. The third-order valence-corrected chi connectivity index (χ3v) is 4.54. The molecule has 1 saturated carbocycles. The Morgan fingerprint density at radius 3 is 2.71 bits per heavy atom. The fraction of sp³-hybridized carbons (Fsp3) is 1.00. The van der Waals surface area contributed by atoms with Crippen LogP contribution in [-0.4, -0.2) is 43.3 Å². The van der Waals surface area contributed by atoms with E-state index in [1.165, 1.54) is 32.4 Å². The summed E-state index contributed by atoms with van der Waals surface area (Å²) in [6, 6.07) is 0. The van der Waals surface area contributed by atoms with Gasteiger partial charge >= 0.3 is 0 Å². The Bertz CT molecular complexity index is 215. The van der Waals surface area contributed by atoms with Crippen molar-refractivity contribution in [2.45, 2.75) is 25.7 Å². The largest absolute Gasteiger partial charge is 0.396 e. The monoisotopic (exact) mass is 198 g/mol. The first kappa shape index (κ1) is 10.4. The molecule has 1 spiro atoms. The predicted octanol–water partition coefficient (Wildman–Crippen LogP) is 0.430. The summed E-state index contributed by atoms with van der Waals surface area (Å²) in [5.74, 6) is 0. The second-order valence-electron chi connectivity index (χ2n) is 5.26. The number of nitrogens with two attached hydrogens (primary N) is 1. The normalized spacial score (nSPS) is 43.9. The summed E-state index contributed by atoms with van der Waals surface area (Å²) in [6.45, 7) is 3.32. The Labute approximate surface area is 86.3 Å². The lowest BCUT2D eigenvalue weighted by molar-refractivity contribution is 0.166. The summed E-state index contributed by atoms with van der Waals surface area (Å²) in [4.78, 5) is 2.39. The fourth-order valence-corrected chi connectivity index (χ4v) is 3.22. The van der Waals surface area contributed by atoms with Gasteiger partial charge in [-0.3, -0.25) is 0 Å². The van der Waals surface area contributed by atoms with Gasteiger partial charge in [-0.25, -0.2) is 0 Å². The van der Waals surface area contributed by atoms with E-state index >= 15 is 0 Å². The minimum absolute atomic E-state index is 0.0815. The van der Waals surface area contributed by atoms with Crippen molar-refractivity contribution in [1.82, 2.24) is 4.90 Å². The molecule has 1 aliphatic heterocycles. The molecule has 14 heavy (non-hydrogen) atoms. The molecule has 2 unspecified atom stereocenters. The summed E-state index contributed by atoms with van der Waals surface area (Å²) < 4.78 is 0. The van der Waals surface area contributed by atoms with Gasteiger partial charge in [0.15, 0.2) is 0 Å². The molecule has 0 aromatic rings. The van der Waals surface area contributed by atoms with Gasteiger partial charge < -0.3 is 15.7 Å². The Morgan fingerprint density at radius 1 is 1.36 bits per heavy atom.